The van der Waals surface area contributed by atoms with E-state index in [-0.39, 0.29) is 29.7 Å². The lowest BCUT2D eigenvalue weighted by Gasteiger charge is -2.24. The molecule has 0 aliphatic carbocycles. The molecule has 0 fully saturated rings. The number of phenols is 2. The van der Waals surface area contributed by atoms with Gasteiger partial charge in [-0.25, -0.2) is 0 Å². The maximum Gasteiger partial charge on any atom is 0.254 e. The van der Waals surface area contributed by atoms with Gasteiger partial charge in [0, 0.05) is 22.7 Å². The number of nitrogens with two attached hydrogens (primary N) is 1. The number of ether oxygens (including phenoxy) is 1. The fourth-order valence-corrected chi connectivity index (χ4v) is 3.35. The molecule has 0 spiro atoms. The van der Waals surface area contributed by atoms with E-state index >= 15 is 0 Å². The van der Waals surface area contributed by atoms with Crippen LogP contribution in [0.2, 0.25) is 5.02 Å². The summed E-state index contributed by atoms with van der Waals surface area (Å²) >= 11 is 6.21. The summed E-state index contributed by atoms with van der Waals surface area (Å²) in [6.07, 6.45) is 0.585. The Morgan fingerprint density at radius 1 is 1.00 bits per heavy atom. The van der Waals surface area contributed by atoms with Crippen molar-refractivity contribution in [2.24, 2.45) is 5.73 Å². The zero-order valence-corrected chi connectivity index (χ0v) is 17.8. The Morgan fingerprint density at radius 3 is 2.45 bits per heavy atom. The van der Waals surface area contributed by atoms with Gasteiger partial charge in [0.15, 0.2) is 11.5 Å². The second kappa shape index (κ2) is 10.7. The second-order valence-corrected chi connectivity index (χ2v) is 7.47. The number of halogens is 1. The molecule has 7 heteroatoms. The van der Waals surface area contributed by atoms with Gasteiger partial charge in [0.05, 0.1) is 6.54 Å². The number of rotatable bonds is 9. The average Bonchev–Trinajstić information content (AvgIpc) is 2.78. The fourth-order valence-electron chi connectivity index (χ4n) is 3.12. The van der Waals surface area contributed by atoms with Crippen molar-refractivity contribution in [1.82, 2.24) is 4.90 Å². The Bertz CT molecular complexity index is 1010. The lowest BCUT2D eigenvalue weighted by molar-refractivity contribution is 0.0741. The van der Waals surface area contributed by atoms with Crippen molar-refractivity contribution in [3.05, 3.63) is 88.4 Å². The zero-order chi connectivity index (χ0) is 22.2. The van der Waals surface area contributed by atoms with E-state index in [1.807, 2.05) is 30.3 Å². The number of carbonyl (C=O) groups excluding carboxylic acids is 1. The molecule has 0 saturated heterocycles. The van der Waals surface area contributed by atoms with Crippen LogP contribution in [0.15, 0.2) is 66.7 Å². The lowest BCUT2D eigenvalue weighted by atomic mass is 10.1. The SMILES string of the molecule is NCCCN(Cc1c(O)cccc1Cl)C(=O)c1ccc(OCc2ccccc2)c(O)c1. The van der Waals surface area contributed by atoms with Crippen molar-refractivity contribution >= 4 is 17.5 Å². The van der Waals surface area contributed by atoms with Gasteiger partial charge in [0.2, 0.25) is 0 Å². The van der Waals surface area contributed by atoms with Crippen LogP contribution in [0.4, 0.5) is 0 Å². The van der Waals surface area contributed by atoms with Crippen LogP contribution in [0.5, 0.6) is 17.2 Å². The van der Waals surface area contributed by atoms with Gasteiger partial charge in [-0.2, -0.15) is 0 Å². The molecule has 3 aromatic rings. The van der Waals surface area contributed by atoms with Crippen LogP contribution >= 0.6 is 11.6 Å². The van der Waals surface area contributed by atoms with E-state index in [0.29, 0.717) is 42.3 Å². The van der Waals surface area contributed by atoms with Crippen molar-refractivity contribution in [1.29, 1.82) is 0 Å². The largest absolute Gasteiger partial charge is 0.508 e. The first-order valence-electron chi connectivity index (χ1n) is 9.95. The molecule has 0 unspecified atom stereocenters. The molecule has 3 aromatic carbocycles. The molecule has 0 aliphatic heterocycles. The minimum atomic E-state index is -0.308. The molecule has 31 heavy (non-hydrogen) atoms. The Hall–Kier alpha value is -3.22. The summed E-state index contributed by atoms with van der Waals surface area (Å²) in [6, 6.07) is 19.0. The van der Waals surface area contributed by atoms with Gasteiger partial charge in [-0.15, -0.1) is 0 Å². The van der Waals surface area contributed by atoms with Gasteiger partial charge in [-0.1, -0.05) is 48.0 Å². The summed E-state index contributed by atoms with van der Waals surface area (Å²) in [5.74, 6) is -0.123. The third kappa shape index (κ3) is 5.90. The second-order valence-electron chi connectivity index (χ2n) is 7.06. The molecule has 0 bridgehead atoms. The van der Waals surface area contributed by atoms with Crippen LogP contribution in [-0.2, 0) is 13.2 Å². The van der Waals surface area contributed by atoms with Crippen LogP contribution in [0, 0.1) is 0 Å². The van der Waals surface area contributed by atoms with Crippen molar-refractivity contribution in [2.75, 3.05) is 13.1 Å². The maximum absolute atomic E-state index is 13.1. The number of nitrogens with zero attached hydrogens (tertiary/aromatic N) is 1. The first kappa shape index (κ1) is 22.5. The summed E-state index contributed by atoms with van der Waals surface area (Å²) in [5, 5.41) is 20.9. The molecular formula is C24H25ClN2O4. The summed E-state index contributed by atoms with van der Waals surface area (Å²) in [6.45, 7) is 1.22. The van der Waals surface area contributed by atoms with Crippen molar-refractivity contribution in [3.8, 4) is 17.2 Å². The Labute approximate surface area is 186 Å². The van der Waals surface area contributed by atoms with E-state index in [9.17, 15) is 15.0 Å². The number of carbonyl (C=O) groups is 1. The van der Waals surface area contributed by atoms with E-state index in [1.54, 1.807) is 29.2 Å². The summed E-state index contributed by atoms with van der Waals surface area (Å²) in [7, 11) is 0. The summed E-state index contributed by atoms with van der Waals surface area (Å²) in [4.78, 5) is 14.7. The van der Waals surface area contributed by atoms with Gasteiger partial charge >= 0.3 is 0 Å². The molecule has 162 valence electrons. The van der Waals surface area contributed by atoms with E-state index < -0.39 is 0 Å². The van der Waals surface area contributed by atoms with Gasteiger partial charge in [-0.05, 0) is 48.9 Å². The molecule has 0 aliphatic rings. The van der Waals surface area contributed by atoms with Crippen LogP contribution in [0.25, 0.3) is 0 Å². The number of hydrogen-bond acceptors (Lipinski definition) is 5. The molecular weight excluding hydrogens is 416 g/mol. The Balaban J connectivity index is 1.76. The first-order chi connectivity index (χ1) is 15.0. The molecule has 0 aromatic heterocycles. The third-order valence-electron chi connectivity index (χ3n) is 4.81. The molecule has 0 atom stereocenters. The van der Waals surface area contributed by atoms with E-state index in [0.717, 1.165) is 5.56 Å². The van der Waals surface area contributed by atoms with Crippen molar-refractivity contribution in [3.63, 3.8) is 0 Å². The minimum absolute atomic E-state index is 0.0190. The highest BCUT2D eigenvalue weighted by Crippen LogP contribution is 2.30. The average molecular weight is 441 g/mol. The fraction of sp³-hybridized carbons (Fsp3) is 0.208. The van der Waals surface area contributed by atoms with Crippen molar-refractivity contribution < 1.29 is 19.7 Å². The molecule has 4 N–H and O–H groups in total. The quantitative estimate of drug-likeness (QED) is 0.460. The lowest BCUT2D eigenvalue weighted by Crippen LogP contribution is -2.32. The molecule has 0 radical (unpaired) electrons. The van der Waals surface area contributed by atoms with Crippen molar-refractivity contribution in [2.45, 2.75) is 19.6 Å². The third-order valence-corrected chi connectivity index (χ3v) is 5.16. The highest BCUT2D eigenvalue weighted by Gasteiger charge is 2.20. The van der Waals surface area contributed by atoms with Crippen LogP contribution in [0.3, 0.4) is 0 Å². The molecule has 6 nitrogen and oxygen atoms in total. The van der Waals surface area contributed by atoms with Crippen LogP contribution in [0.1, 0.15) is 27.9 Å². The van der Waals surface area contributed by atoms with Gasteiger partial charge in [0.25, 0.3) is 5.91 Å². The smallest absolute Gasteiger partial charge is 0.254 e. The predicted molar refractivity (Wildman–Crippen MR) is 120 cm³/mol. The Morgan fingerprint density at radius 2 is 1.77 bits per heavy atom. The van der Waals surface area contributed by atoms with Gasteiger partial charge in [0.1, 0.15) is 12.4 Å². The number of amides is 1. The van der Waals surface area contributed by atoms with Crippen LogP contribution < -0.4 is 10.5 Å². The topological polar surface area (TPSA) is 96.0 Å². The van der Waals surface area contributed by atoms with E-state index in [1.165, 1.54) is 12.1 Å². The van der Waals surface area contributed by atoms with Crippen LogP contribution in [-0.4, -0.2) is 34.1 Å². The van der Waals surface area contributed by atoms with Gasteiger partial charge < -0.3 is 25.6 Å². The minimum Gasteiger partial charge on any atom is -0.508 e. The number of phenolic OH excluding ortho intramolecular Hbond substituents is 2. The molecule has 1 amide bonds. The molecule has 0 heterocycles. The van der Waals surface area contributed by atoms with Gasteiger partial charge in [-0.3, -0.25) is 4.79 Å². The first-order valence-corrected chi connectivity index (χ1v) is 10.3. The number of aromatic hydroxyl groups is 2. The number of hydrogen-bond donors (Lipinski definition) is 3. The zero-order valence-electron chi connectivity index (χ0n) is 17.0. The summed E-state index contributed by atoms with van der Waals surface area (Å²) in [5.41, 5.74) is 7.35. The Kier molecular flexibility index (Phi) is 7.76. The predicted octanol–water partition coefficient (Wildman–Crippen LogP) is 4.32. The molecule has 3 rings (SSSR count). The monoisotopic (exact) mass is 440 g/mol. The highest BCUT2D eigenvalue weighted by atomic mass is 35.5. The summed E-state index contributed by atoms with van der Waals surface area (Å²) < 4.78 is 5.67. The normalized spacial score (nSPS) is 10.6. The maximum atomic E-state index is 13.1. The van der Waals surface area contributed by atoms with E-state index in [4.69, 9.17) is 22.1 Å². The molecule has 0 saturated carbocycles. The highest BCUT2D eigenvalue weighted by molar-refractivity contribution is 6.31. The standard InChI is InChI=1S/C24H25ClN2O4/c25-20-8-4-9-21(28)19(20)15-27(13-5-12-26)24(30)18-10-11-23(22(29)14-18)31-16-17-6-2-1-3-7-17/h1-4,6-11,14,28-29H,5,12-13,15-16,26H2. The number of benzene rings is 3. The van der Waals surface area contributed by atoms with E-state index in [2.05, 4.69) is 0 Å².